The Morgan fingerprint density at radius 3 is 1.33 bits per heavy atom. The van der Waals surface area contributed by atoms with Gasteiger partial charge in [-0.15, -0.1) is 0 Å². The van der Waals surface area contributed by atoms with Crippen LogP contribution in [0, 0.1) is 0 Å². The predicted molar refractivity (Wildman–Crippen MR) is 187 cm³/mol. The van der Waals surface area contributed by atoms with E-state index < -0.39 is 6.10 Å². The lowest BCUT2D eigenvalue weighted by Gasteiger charge is -2.12. The Labute approximate surface area is 269 Å². The van der Waals surface area contributed by atoms with Crippen LogP contribution in [-0.2, 0) is 14.3 Å². The predicted octanol–water partition coefficient (Wildman–Crippen LogP) is 9.88. The summed E-state index contributed by atoms with van der Waals surface area (Å²) >= 11 is 3.26. The third kappa shape index (κ3) is 34.1. The second kappa shape index (κ2) is 35.1. The Kier molecular flexibility index (Phi) is 34.7. The highest BCUT2D eigenvalue weighted by molar-refractivity contribution is 8.00. The summed E-state index contributed by atoms with van der Waals surface area (Å²) in [6.07, 6.45) is 31.2. The molecule has 250 valence electrons. The molecule has 0 aromatic carbocycles. The van der Waals surface area contributed by atoms with Crippen molar-refractivity contribution < 1.29 is 19.4 Å². The third-order valence-corrected chi connectivity index (χ3v) is 9.77. The molecule has 42 heavy (non-hydrogen) atoms. The zero-order chi connectivity index (χ0) is 30.8. The molecule has 0 heterocycles. The number of rotatable bonds is 34. The van der Waals surface area contributed by atoms with Crippen molar-refractivity contribution in [1.29, 1.82) is 0 Å². The molecule has 5 nitrogen and oxygen atoms in total. The molecule has 1 amide bonds. The zero-order valence-electron chi connectivity index (χ0n) is 27.8. The smallest absolute Gasteiger partial charge is 0.315 e. The number of amides is 1. The van der Waals surface area contributed by atoms with Crippen LogP contribution in [0.5, 0.6) is 0 Å². The van der Waals surface area contributed by atoms with Gasteiger partial charge in [0.1, 0.15) is 12.7 Å². The summed E-state index contributed by atoms with van der Waals surface area (Å²) < 4.78 is 5.17. The van der Waals surface area contributed by atoms with Crippen LogP contribution in [0.1, 0.15) is 168 Å². The number of carbonyl (C=O) groups excluding carboxylic acids is 2. The first-order chi connectivity index (χ1) is 20.6. The fourth-order valence-corrected chi connectivity index (χ4v) is 6.63. The number of hydrogen-bond donors (Lipinski definition) is 2. The van der Waals surface area contributed by atoms with Crippen LogP contribution in [0.3, 0.4) is 0 Å². The van der Waals surface area contributed by atoms with Gasteiger partial charge in [0.2, 0.25) is 5.91 Å². The molecular formula is C35H69NO4S2. The van der Waals surface area contributed by atoms with E-state index in [0.717, 1.165) is 24.3 Å². The van der Waals surface area contributed by atoms with Gasteiger partial charge in [-0.25, -0.2) is 0 Å². The standard InChI is InChI=1S/C35H69NO4S2/c1-3-5-7-9-11-13-15-17-19-21-23-25-27-41-31-34(38)36-29-33(37)30-40-35(39)32-42-28-26-24-22-20-18-16-14-12-10-8-6-4-2/h33,37H,3-32H2,1-2H3,(H,36,38). The summed E-state index contributed by atoms with van der Waals surface area (Å²) in [6.45, 7) is 4.59. The van der Waals surface area contributed by atoms with Crippen molar-refractivity contribution >= 4 is 35.4 Å². The van der Waals surface area contributed by atoms with Gasteiger partial charge in [0.05, 0.1) is 11.5 Å². The Morgan fingerprint density at radius 2 is 0.929 bits per heavy atom. The Morgan fingerprint density at radius 1 is 0.571 bits per heavy atom. The molecule has 0 aliphatic rings. The highest BCUT2D eigenvalue weighted by Crippen LogP contribution is 2.15. The highest BCUT2D eigenvalue weighted by Gasteiger charge is 2.11. The van der Waals surface area contributed by atoms with Crippen molar-refractivity contribution in [1.82, 2.24) is 5.32 Å². The van der Waals surface area contributed by atoms with Gasteiger partial charge in [0.25, 0.3) is 0 Å². The van der Waals surface area contributed by atoms with Crippen LogP contribution in [0.25, 0.3) is 0 Å². The van der Waals surface area contributed by atoms with Gasteiger partial charge < -0.3 is 15.2 Å². The summed E-state index contributed by atoms with van der Waals surface area (Å²) in [5.41, 5.74) is 0. The van der Waals surface area contributed by atoms with E-state index in [1.54, 1.807) is 23.5 Å². The van der Waals surface area contributed by atoms with Crippen LogP contribution in [0.15, 0.2) is 0 Å². The van der Waals surface area contributed by atoms with Gasteiger partial charge in [-0.2, -0.15) is 23.5 Å². The molecule has 0 saturated carbocycles. The van der Waals surface area contributed by atoms with E-state index >= 15 is 0 Å². The normalized spacial score (nSPS) is 12.0. The lowest BCUT2D eigenvalue weighted by atomic mass is 10.1. The van der Waals surface area contributed by atoms with E-state index in [1.807, 2.05) is 0 Å². The first kappa shape index (κ1) is 41.6. The fraction of sp³-hybridized carbons (Fsp3) is 0.943. The Hall–Kier alpha value is -0.400. The summed E-state index contributed by atoms with van der Waals surface area (Å²) in [5, 5.41) is 12.8. The molecule has 1 unspecified atom stereocenters. The largest absolute Gasteiger partial charge is 0.462 e. The minimum Gasteiger partial charge on any atom is -0.462 e. The van der Waals surface area contributed by atoms with Crippen LogP contribution in [0.4, 0.5) is 0 Å². The van der Waals surface area contributed by atoms with E-state index in [1.165, 1.54) is 141 Å². The molecule has 0 aliphatic heterocycles. The molecule has 2 N–H and O–H groups in total. The second-order valence-corrected chi connectivity index (χ2v) is 14.2. The van der Waals surface area contributed by atoms with Gasteiger partial charge >= 0.3 is 5.97 Å². The van der Waals surface area contributed by atoms with Gasteiger partial charge in [-0.3, -0.25) is 9.59 Å². The number of esters is 1. The van der Waals surface area contributed by atoms with E-state index in [2.05, 4.69) is 19.2 Å². The number of carbonyl (C=O) groups is 2. The van der Waals surface area contributed by atoms with Crippen LogP contribution in [-0.4, -0.2) is 59.3 Å². The number of aliphatic hydroxyl groups is 1. The topological polar surface area (TPSA) is 75.6 Å². The average Bonchev–Trinajstić information content (AvgIpc) is 2.99. The van der Waals surface area contributed by atoms with Crippen LogP contribution < -0.4 is 5.32 Å². The minimum absolute atomic E-state index is 0.0652. The van der Waals surface area contributed by atoms with Gasteiger partial charge in [0, 0.05) is 6.54 Å². The molecule has 0 aromatic rings. The highest BCUT2D eigenvalue weighted by atomic mass is 32.2. The molecule has 1 atom stereocenters. The first-order valence-corrected chi connectivity index (χ1v) is 20.2. The minimum atomic E-state index is -0.861. The number of ether oxygens (including phenoxy) is 1. The monoisotopic (exact) mass is 631 g/mol. The van der Waals surface area contributed by atoms with Crippen molar-refractivity contribution in [2.75, 3.05) is 36.2 Å². The first-order valence-electron chi connectivity index (χ1n) is 17.9. The molecule has 0 bridgehead atoms. The van der Waals surface area contributed by atoms with Crippen molar-refractivity contribution in [2.45, 2.75) is 174 Å². The Bertz CT molecular complexity index is 531. The molecule has 0 aromatic heterocycles. The van der Waals surface area contributed by atoms with E-state index in [4.69, 9.17) is 4.74 Å². The van der Waals surface area contributed by atoms with Crippen molar-refractivity contribution in [3.05, 3.63) is 0 Å². The maximum Gasteiger partial charge on any atom is 0.315 e. The molecule has 7 heteroatoms. The number of thioether (sulfide) groups is 2. The number of nitrogens with one attached hydrogen (secondary N) is 1. The number of unbranched alkanes of at least 4 members (excludes halogenated alkanes) is 22. The maximum atomic E-state index is 12.0. The second-order valence-electron chi connectivity index (χ2n) is 12.0. The quantitative estimate of drug-likeness (QED) is 0.0544. The van der Waals surface area contributed by atoms with Crippen LogP contribution >= 0.6 is 23.5 Å². The number of aliphatic hydroxyl groups excluding tert-OH is 1. The van der Waals surface area contributed by atoms with Crippen molar-refractivity contribution in [3.63, 3.8) is 0 Å². The fourth-order valence-electron chi connectivity index (χ4n) is 4.98. The molecule has 0 aliphatic carbocycles. The summed E-state index contributed by atoms with van der Waals surface area (Å²) in [4.78, 5) is 23.9. The lowest BCUT2D eigenvalue weighted by Crippen LogP contribution is -2.36. The van der Waals surface area contributed by atoms with Crippen LogP contribution in [0.2, 0.25) is 0 Å². The van der Waals surface area contributed by atoms with Gasteiger partial charge in [-0.05, 0) is 24.3 Å². The molecule has 0 spiro atoms. The summed E-state index contributed by atoms with van der Waals surface area (Å²) in [5.74, 6) is 2.36. The zero-order valence-corrected chi connectivity index (χ0v) is 29.4. The van der Waals surface area contributed by atoms with Crippen molar-refractivity contribution in [3.8, 4) is 0 Å². The van der Waals surface area contributed by atoms with Gasteiger partial charge in [-0.1, -0.05) is 155 Å². The Balaban J connectivity index is 3.38. The summed E-state index contributed by atoms with van der Waals surface area (Å²) in [6, 6.07) is 0. The maximum absolute atomic E-state index is 12.0. The van der Waals surface area contributed by atoms with E-state index in [0.29, 0.717) is 11.5 Å². The number of hydrogen-bond acceptors (Lipinski definition) is 6. The SMILES string of the molecule is CCCCCCCCCCCCCCSCC(=O)NCC(O)COC(=O)CSCCCCCCCCCCCCCC. The lowest BCUT2D eigenvalue weighted by molar-refractivity contribution is -0.143. The molecule has 0 radical (unpaired) electrons. The molecule has 0 saturated heterocycles. The van der Waals surface area contributed by atoms with E-state index in [9.17, 15) is 14.7 Å². The average molecular weight is 632 g/mol. The van der Waals surface area contributed by atoms with E-state index in [-0.39, 0.29) is 25.0 Å². The summed E-state index contributed by atoms with van der Waals surface area (Å²) in [7, 11) is 0. The third-order valence-electron chi connectivity index (χ3n) is 7.71. The molecule has 0 rings (SSSR count). The molecular weight excluding hydrogens is 563 g/mol. The van der Waals surface area contributed by atoms with Crippen molar-refractivity contribution in [2.24, 2.45) is 0 Å². The molecule has 0 fully saturated rings. The van der Waals surface area contributed by atoms with Gasteiger partial charge in [0.15, 0.2) is 0 Å².